The molecule has 1 atom stereocenters. The number of hydrazine groups is 1. The van der Waals surface area contributed by atoms with Crippen LogP contribution in [0.3, 0.4) is 0 Å². The van der Waals surface area contributed by atoms with Crippen molar-refractivity contribution >= 4 is 16.7 Å². The van der Waals surface area contributed by atoms with Crippen LogP contribution < -0.4 is 5.43 Å². The average Bonchev–Trinajstić information content (AvgIpc) is 2.80. The second-order valence-electron chi connectivity index (χ2n) is 8.29. The molecule has 6 heteroatoms. The van der Waals surface area contributed by atoms with Gasteiger partial charge in [-0.2, -0.15) is 18.2 Å². The summed E-state index contributed by atoms with van der Waals surface area (Å²) >= 11 is 0. The third-order valence-corrected chi connectivity index (χ3v) is 5.04. The van der Waals surface area contributed by atoms with Gasteiger partial charge < -0.3 is 0 Å². The summed E-state index contributed by atoms with van der Waals surface area (Å²) < 4.78 is 42.8. The van der Waals surface area contributed by atoms with E-state index in [4.69, 9.17) is 0 Å². The summed E-state index contributed by atoms with van der Waals surface area (Å²) in [6.45, 7) is 7.31. The predicted octanol–water partition coefficient (Wildman–Crippen LogP) is 5.16. The zero-order valence-corrected chi connectivity index (χ0v) is 16.0. The maximum atomic E-state index is 14.3. The van der Waals surface area contributed by atoms with E-state index in [1.54, 1.807) is 26.0 Å². The third kappa shape index (κ3) is 3.81. The van der Waals surface area contributed by atoms with Crippen molar-refractivity contribution in [3.05, 3.63) is 47.5 Å². The number of benzene rings is 2. The van der Waals surface area contributed by atoms with Gasteiger partial charge in [0.25, 0.3) is 0 Å². The summed E-state index contributed by atoms with van der Waals surface area (Å²) in [5.74, 6) is -0.190. The molecule has 1 amide bonds. The fraction of sp³-hybridized carbons (Fsp3) is 0.476. The molecule has 3 nitrogen and oxygen atoms in total. The first-order valence-electron chi connectivity index (χ1n) is 9.17. The molecule has 1 aliphatic rings. The van der Waals surface area contributed by atoms with E-state index in [2.05, 4.69) is 5.43 Å². The summed E-state index contributed by atoms with van der Waals surface area (Å²) in [7, 11) is 0. The molecule has 27 heavy (non-hydrogen) atoms. The molecule has 3 rings (SSSR count). The van der Waals surface area contributed by atoms with Crippen molar-refractivity contribution in [3.63, 3.8) is 0 Å². The molecule has 0 radical (unpaired) electrons. The Labute approximate surface area is 157 Å². The Bertz CT molecular complexity index is 858. The Kier molecular flexibility index (Phi) is 4.97. The Morgan fingerprint density at radius 3 is 2.37 bits per heavy atom. The van der Waals surface area contributed by atoms with E-state index in [-0.39, 0.29) is 23.8 Å². The molecule has 1 aliphatic heterocycles. The molecule has 0 aromatic heterocycles. The first kappa shape index (κ1) is 19.7. The first-order valence-corrected chi connectivity index (χ1v) is 9.17. The highest BCUT2D eigenvalue weighted by Crippen LogP contribution is 2.45. The van der Waals surface area contributed by atoms with Gasteiger partial charge in [0.1, 0.15) is 0 Å². The van der Waals surface area contributed by atoms with Gasteiger partial charge in [0.2, 0.25) is 5.91 Å². The lowest BCUT2D eigenvalue weighted by atomic mass is 9.87. The summed E-state index contributed by atoms with van der Waals surface area (Å²) in [5, 5.41) is 2.84. The molecule has 1 saturated heterocycles. The molecule has 2 aromatic carbocycles. The van der Waals surface area contributed by atoms with Crippen molar-refractivity contribution in [2.75, 3.05) is 0 Å². The number of carbonyl (C=O) groups is 1. The number of hydrogen-bond donors (Lipinski definition) is 1. The van der Waals surface area contributed by atoms with E-state index < -0.39 is 17.8 Å². The smallest absolute Gasteiger partial charge is 0.287 e. The Morgan fingerprint density at radius 1 is 1.15 bits per heavy atom. The number of nitrogens with zero attached hydrogens (tertiary/aromatic N) is 1. The van der Waals surface area contributed by atoms with Crippen LogP contribution in [0, 0.1) is 5.92 Å². The van der Waals surface area contributed by atoms with Crippen molar-refractivity contribution in [3.8, 4) is 0 Å². The normalized spacial score (nSPS) is 18.9. The minimum absolute atomic E-state index is 0.0344. The van der Waals surface area contributed by atoms with Crippen molar-refractivity contribution in [2.24, 2.45) is 5.92 Å². The number of nitrogens with one attached hydrogen (secondary N) is 1. The number of rotatable bonds is 4. The summed E-state index contributed by atoms with van der Waals surface area (Å²) in [6, 6.07) is 8.92. The Morgan fingerprint density at radius 2 is 1.81 bits per heavy atom. The van der Waals surface area contributed by atoms with Gasteiger partial charge in [-0.15, -0.1) is 0 Å². The molecular weight excluding hydrogens is 353 g/mol. The van der Waals surface area contributed by atoms with Crippen molar-refractivity contribution in [1.82, 2.24) is 10.4 Å². The Balaban J connectivity index is 2.24. The van der Waals surface area contributed by atoms with Gasteiger partial charge in [-0.05, 0) is 48.1 Å². The number of carbonyl (C=O) groups excluding carboxylic acids is 1. The van der Waals surface area contributed by atoms with E-state index in [0.29, 0.717) is 12.0 Å². The van der Waals surface area contributed by atoms with Gasteiger partial charge in [-0.25, -0.2) is 0 Å². The van der Waals surface area contributed by atoms with Gasteiger partial charge in [0.15, 0.2) is 6.04 Å². The minimum Gasteiger partial charge on any atom is -0.287 e. The van der Waals surface area contributed by atoms with Crippen LogP contribution in [0.25, 0.3) is 10.8 Å². The van der Waals surface area contributed by atoms with E-state index in [9.17, 15) is 18.0 Å². The molecule has 1 N–H and O–H groups in total. The quantitative estimate of drug-likeness (QED) is 0.797. The van der Waals surface area contributed by atoms with E-state index >= 15 is 0 Å². The van der Waals surface area contributed by atoms with Crippen LogP contribution in [0.15, 0.2) is 36.4 Å². The SMILES string of the molecule is CC(C)Cc1c([C@H](N2NC(=O)CC2(C)C)C(F)(F)F)ccc2ccccc12. The molecule has 0 saturated carbocycles. The third-order valence-electron chi connectivity index (χ3n) is 5.04. The Hall–Kier alpha value is -2.08. The highest BCUT2D eigenvalue weighted by molar-refractivity contribution is 5.87. The number of amides is 1. The van der Waals surface area contributed by atoms with Crippen LogP contribution in [-0.4, -0.2) is 22.6 Å². The van der Waals surface area contributed by atoms with Crippen LogP contribution in [-0.2, 0) is 11.2 Å². The maximum absolute atomic E-state index is 14.3. The van der Waals surface area contributed by atoms with Gasteiger partial charge in [0.05, 0.1) is 0 Å². The van der Waals surface area contributed by atoms with E-state index in [1.807, 2.05) is 38.1 Å². The zero-order chi connectivity index (χ0) is 20.0. The first-order chi connectivity index (χ1) is 12.5. The van der Waals surface area contributed by atoms with Crippen molar-refractivity contribution in [2.45, 2.75) is 58.3 Å². The van der Waals surface area contributed by atoms with Gasteiger partial charge >= 0.3 is 6.18 Å². The summed E-state index contributed by atoms with van der Waals surface area (Å²) in [6.07, 6.45) is -3.96. The van der Waals surface area contributed by atoms with Crippen molar-refractivity contribution < 1.29 is 18.0 Å². The topological polar surface area (TPSA) is 32.3 Å². The molecule has 1 heterocycles. The fourth-order valence-corrected chi connectivity index (χ4v) is 3.92. The van der Waals surface area contributed by atoms with Gasteiger partial charge in [-0.1, -0.05) is 50.2 Å². The fourth-order valence-electron chi connectivity index (χ4n) is 3.92. The minimum atomic E-state index is -4.52. The van der Waals surface area contributed by atoms with Crippen molar-refractivity contribution in [1.29, 1.82) is 0 Å². The maximum Gasteiger partial charge on any atom is 0.409 e. The number of alkyl halides is 3. The highest BCUT2D eigenvalue weighted by atomic mass is 19.4. The highest BCUT2D eigenvalue weighted by Gasteiger charge is 2.53. The van der Waals surface area contributed by atoms with Crippen LogP contribution in [0.5, 0.6) is 0 Å². The average molecular weight is 378 g/mol. The van der Waals surface area contributed by atoms with Gasteiger partial charge in [0, 0.05) is 12.0 Å². The van der Waals surface area contributed by atoms with Gasteiger partial charge in [-0.3, -0.25) is 10.2 Å². The molecule has 146 valence electrons. The predicted molar refractivity (Wildman–Crippen MR) is 100.0 cm³/mol. The lowest BCUT2D eigenvalue weighted by molar-refractivity contribution is -0.204. The molecule has 0 bridgehead atoms. The molecule has 0 aliphatic carbocycles. The molecule has 0 spiro atoms. The second kappa shape index (κ2) is 6.82. The monoisotopic (exact) mass is 378 g/mol. The zero-order valence-electron chi connectivity index (χ0n) is 16.0. The number of fused-ring (bicyclic) bond motifs is 1. The standard InChI is InChI=1S/C21H25F3N2O/c1-13(2)11-17-15-8-6-5-7-14(15)9-10-16(17)19(21(22,23)24)26-20(3,4)12-18(27)25-26/h5-10,13,19H,11-12H2,1-4H3,(H,25,27)/t19-/m0/s1. The lowest BCUT2D eigenvalue weighted by Gasteiger charge is -2.39. The number of hydrogen-bond acceptors (Lipinski definition) is 2. The van der Waals surface area contributed by atoms with Crippen LogP contribution >= 0.6 is 0 Å². The van der Waals surface area contributed by atoms with E-state index in [0.717, 1.165) is 15.8 Å². The summed E-state index contributed by atoms with van der Waals surface area (Å²) in [5.41, 5.74) is 2.43. The molecule has 1 fully saturated rings. The number of halogens is 3. The largest absolute Gasteiger partial charge is 0.409 e. The van der Waals surface area contributed by atoms with E-state index in [1.165, 1.54) is 0 Å². The summed E-state index contributed by atoms with van der Waals surface area (Å²) in [4.78, 5) is 11.9. The lowest BCUT2D eigenvalue weighted by Crippen LogP contribution is -2.51. The molecule has 0 unspecified atom stereocenters. The van der Waals surface area contributed by atoms with Crippen LogP contribution in [0.4, 0.5) is 13.2 Å². The van der Waals surface area contributed by atoms with Crippen LogP contribution in [0.1, 0.15) is 51.3 Å². The second-order valence-corrected chi connectivity index (χ2v) is 8.29. The molecule has 2 aromatic rings. The molecular formula is C21H25F3N2O. The van der Waals surface area contributed by atoms with Crippen LogP contribution in [0.2, 0.25) is 0 Å².